The lowest BCUT2D eigenvalue weighted by Crippen LogP contribution is -2.23. The second-order valence-corrected chi connectivity index (χ2v) is 9.57. The minimum atomic E-state index is 0.113. The van der Waals surface area contributed by atoms with Gasteiger partial charge in [-0.1, -0.05) is 26.0 Å². The summed E-state index contributed by atoms with van der Waals surface area (Å²) in [5.74, 6) is 1.29. The van der Waals surface area contributed by atoms with Crippen LogP contribution in [-0.2, 0) is 11.8 Å². The van der Waals surface area contributed by atoms with Crippen LogP contribution < -0.4 is 4.74 Å². The lowest BCUT2D eigenvalue weighted by atomic mass is 9.71. The van der Waals surface area contributed by atoms with E-state index in [2.05, 4.69) is 37.9 Å². The van der Waals surface area contributed by atoms with Crippen LogP contribution >= 0.6 is 0 Å². The van der Waals surface area contributed by atoms with Gasteiger partial charge in [0.15, 0.2) is 11.5 Å². The van der Waals surface area contributed by atoms with Gasteiger partial charge < -0.3 is 19.2 Å². The van der Waals surface area contributed by atoms with Gasteiger partial charge >= 0.3 is 0 Å². The van der Waals surface area contributed by atoms with E-state index in [9.17, 15) is 5.11 Å². The summed E-state index contributed by atoms with van der Waals surface area (Å²) >= 11 is 0. The molecular formula is C27H26N2O3. The van der Waals surface area contributed by atoms with Crippen LogP contribution in [0, 0.1) is 6.92 Å². The van der Waals surface area contributed by atoms with E-state index >= 15 is 0 Å². The highest BCUT2D eigenvalue weighted by molar-refractivity contribution is 6.23. The van der Waals surface area contributed by atoms with Crippen molar-refractivity contribution in [3.63, 3.8) is 0 Å². The van der Waals surface area contributed by atoms with E-state index in [-0.39, 0.29) is 11.2 Å². The van der Waals surface area contributed by atoms with Gasteiger partial charge in [0, 0.05) is 21.7 Å². The Kier molecular flexibility index (Phi) is 3.92. The number of aromatic hydroxyl groups is 1. The molecule has 5 aromatic rings. The van der Waals surface area contributed by atoms with Crippen LogP contribution in [0.4, 0.5) is 0 Å². The van der Waals surface area contributed by atoms with E-state index in [1.807, 2.05) is 18.4 Å². The Hall–Kier alpha value is -3.47. The molecule has 0 bridgehead atoms. The number of nitrogens with zero attached hydrogens (tertiary/aromatic N) is 1. The predicted octanol–water partition coefficient (Wildman–Crippen LogP) is 6.77. The molecule has 0 saturated carbocycles. The fourth-order valence-electron chi connectivity index (χ4n) is 5.49. The fourth-order valence-corrected chi connectivity index (χ4v) is 5.49. The quantitative estimate of drug-likeness (QED) is 0.327. The first-order valence-electron chi connectivity index (χ1n) is 11.1. The zero-order chi connectivity index (χ0) is 22.2. The number of aromatic nitrogens is 2. The maximum absolute atomic E-state index is 10.0. The number of nitrogens with one attached hydrogen (secondary N) is 1. The minimum Gasteiger partial charge on any atom is -0.504 e. The Bertz CT molecular complexity index is 1540. The molecule has 0 aliphatic heterocycles. The van der Waals surface area contributed by atoms with Gasteiger partial charge in [-0.25, -0.2) is 4.98 Å². The molecule has 32 heavy (non-hydrogen) atoms. The molecule has 1 aliphatic rings. The lowest BCUT2D eigenvalue weighted by Gasteiger charge is -2.33. The predicted molar refractivity (Wildman–Crippen MR) is 128 cm³/mol. The zero-order valence-electron chi connectivity index (χ0n) is 18.8. The lowest BCUT2D eigenvalue weighted by molar-refractivity contribution is 0.373. The highest BCUT2D eigenvalue weighted by atomic mass is 16.5. The first kappa shape index (κ1) is 19.2. The number of rotatable bonds is 2. The number of H-pyrrole nitrogens is 1. The number of methoxy groups -OCH3 is 1. The molecule has 2 aromatic heterocycles. The summed E-state index contributed by atoms with van der Waals surface area (Å²) in [6.45, 7) is 6.74. The molecule has 0 atom stereocenters. The van der Waals surface area contributed by atoms with E-state index in [1.54, 1.807) is 13.2 Å². The van der Waals surface area contributed by atoms with E-state index in [4.69, 9.17) is 14.1 Å². The van der Waals surface area contributed by atoms with E-state index in [1.165, 1.54) is 29.4 Å². The molecular weight excluding hydrogens is 400 g/mol. The van der Waals surface area contributed by atoms with Gasteiger partial charge in [0.2, 0.25) is 0 Å². The molecule has 2 N–H and O–H groups in total. The molecule has 5 nitrogen and oxygen atoms in total. The van der Waals surface area contributed by atoms with Crippen molar-refractivity contribution in [2.24, 2.45) is 0 Å². The number of imidazole rings is 1. The molecule has 1 aliphatic carbocycles. The van der Waals surface area contributed by atoms with Gasteiger partial charge in [-0.3, -0.25) is 0 Å². The second-order valence-electron chi connectivity index (χ2n) is 9.57. The Morgan fingerprint density at radius 1 is 1.16 bits per heavy atom. The molecule has 0 amide bonds. The summed E-state index contributed by atoms with van der Waals surface area (Å²) in [5.41, 5.74) is 7.79. The minimum absolute atomic E-state index is 0.113. The van der Waals surface area contributed by atoms with Crippen molar-refractivity contribution in [2.75, 3.05) is 7.11 Å². The number of aryl methyl sites for hydroxylation is 2. The average molecular weight is 427 g/mol. The summed E-state index contributed by atoms with van der Waals surface area (Å²) in [5, 5.41) is 13.4. The van der Waals surface area contributed by atoms with Crippen LogP contribution in [0.1, 0.15) is 43.4 Å². The van der Waals surface area contributed by atoms with Crippen LogP contribution in [0.3, 0.4) is 0 Å². The fraction of sp³-hybridized carbons (Fsp3) is 0.296. The maximum Gasteiger partial charge on any atom is 0.161 e. The van der Waals surface area contributed by atoms with Crippen LogP contribution in [0.25, 0.3) is 44.2 Å². The smallest absolute Gasteiger partial charge is 0.161 e. The largest absolute Gasteiger partial charge is 0.504 e. The number of hydrogen-bond donors (Lipinski definition) is 2. The molecule has 6 rings (SSSR count). The third-order valence-corrected chi connectivity index (χ3v) is 7.13. The maximum atomic E-state index is 10.0. The van der Waals surface area contributed by atoms with E-state index in [0.717, 1.165) is 50.8 Å². The number of ether oxygens (including phenoxy) is 1. The molecule has 5 heteroatoms. The monoisotopic (exact) mass is 426 g/mol. The van der Waals surface area contributed by atoms with Crippen molar-refractivity contribution >= 4 is 32.8 Å². The molecule has 162 valence electrons. The SMILES string of the molecule is COc1cc(-c2nc3c([nH]2)c2c(C)coc2c2ccc4c(c23)CCCC4(C)C)ccc1O. The summed E-state index contributed by atoms with van der Waals surface area (Å²) in [4.78, 5) is 8.67. The second kappa shape index (κ2) is 6.52. The topological polar surface area (TPSA) is 71.3 Å². The van der Waals surface area contributed by atoms with E-state index in [0.29, 0.717) is 5.75 Å². The highest BCUT2D eigenvalue weighted by Gasteiger charge is 2.30. The number of phenols is 1. The summed E-state index contributed by atoms with van der Waals surface area (Å²) in [7, 11) is 1.55. The Morgan fingerprint density at radius 3 is 2.81 bits per heavy atom. The number of phenolic OH excluding ortho intramolecular Hbond substituents is 1. The molecule has 0 spiro atoms. The third kappa shape index (κ3) is 2.54. The number of hydrogen-bond acceptors (Lipinski definition) is 4. The Labute approximate surface area is 186 Å². The van der Waals surface area contributed by atoms with Gasteiger partial charge in [0.05, 0.1) is 24.4 Å². The first-order chi connectivity index (χ1) is 15.4. The van der Waals surface area contributed by atoms with Crippen molar-refractivity contribution in [1.82, 2.24) is 9.97 Å². The molecule has 0 saturated heterocycles. The Morgan fingerprint density at radius 2 is 2.00 bits per heavy atom. The normalized spacial score (nSPS) is 15.5. The van der Waals surface area contributed by atoms with Crippen molar-refractivity contribution in [1.29, 1.82) is 0 Å². The summed E-state index contributed by atoms with van der Waals surface area (Å²) in [6, 6.07) is 9.81. The van der Waals surface area contributed by atoms with Gasteiger partial charge in [-0.05, 0) is 66.5 Å². The third-order valence-electron chi connectivity index (χ3n) is 7.13. The van der Waals surface area contributed by atoms with Crippen LogP contribution in [0.5, 0.6) is 11.5 Å². The Balaban J connectivity index is 1.75. The van der Waals surface area contributed by atoms with Gasteiger partial charge in [0.25, 0.3) is 0 Å². The number of benzene rings is 3. The van der Waals surface area contributed by atoms with Gasteiger partial charge in [-0.2, -0.15) is 0 Å². The average Bonchev–Trinajstić information content (AvgIpc) is 3.37. The molecule has 2 heterocycles. The summed E-state index contributed by atoms with van der Waals surface area (Å²) < 4.78 is 11.4. The van der Waals surface area contributed by atoms with Crippen LogP contribution in [-0.4, -0.2) is 22.2 Å². The molecule has 3 aromatic carbocycles. The van der Waals surface area contributed by atoms with Crippen molar-refractivity contribution in [3.05, 3.63) is 53.3 Å². The van der Waals surface area contributed by atoms with Gasteiger partial charge in [0.1, 0.15) is 11.4 Å². The van der Waals surface area contributed by atoms with Crippen LogP contribution in [0.2, 0.25) is 0 Å². The number of fused-ring (bicyclic) bond motifs is 8. The van der Waals surface area contributed by atoms with Crippen molar-refractivity contribution in [2.45, 2.75) is 45.4 Å². The molecule has 0 unspecified atom stereocenters. The first-order valence-corrected chi connectivity index (χ1v) is 11.1. The summed E-state index contributed by atoms with van der Waals surface area (Å²) in [6.07, 6.45) is 5.24. The van der Waals surface area contributed by atoms with Gasteiger partial charge in [-0.15, -0.1) is 0 Å². The van der Waals surface area contributed by atoms with Crippen molar-refractivity contribution in [3.8, 4) is 22.9 Å². The molecule has 0 radical (unpaired) electrons. The number of furan rings is 1. The molecule has 0 fully saturated rings. The van der Waals surface area contributed by atoms with Crippen molar-refractivity contribution < 1.29 is 14.3 Å². The highest BCUT2D eigenvalue weighted by Crippen LogP contribution is 2.45. The zero-order valence-corrected chi connectivity index (χ0v) is 18.8. The van der Waals surface area contributed by atoms with Crippen LogP contribution in [0.15, 0.2) is 41.0 Å². The number of aromatic amines is 1. The van der Waals surface area contributed by atoms with E-state index < -0.39 is 0 Å². The standard InChI is InChI=1S/C27H26N2O3/c1-14-13-32-25-17-8-9-18-16(6-5-11-27(18,2)3)22(17)24-23(21(14)25)28-26(29-24)15-7-10-19(30)20(12-15)31-4/h7-10,12-13,30H,5-6,11H2,1-4H3,(H,28,29).